The van der Waals surface area contributed by atoms with E-state index in [-0.39, 0.29) is 15.5 Å². The van der Waals surface area contributed by atoms with Gasteiger partial charge in [-0.1, -0.05) is 25.1 Å². The predicted molar refractivity (Wildman–Crippen MR) is 86.1 cm³/mol. The number of sulfonamides is 1. The summed E-state index contributed by atoms with van der Waals surface area (Å²) >= 11 is 0. The molecular weight excluding hydrogens is 346 g/mol. The zero-order chi connectivity index (χ0) is 16.4. The number of hydrogen-bond acceptors (Lipinski definition) is 4. The summed E-state index contributed by atoms with van der Waals surface area (Å²) in [7, 11) is -2.22. The van der Waals surface area contributed by atoms with Crippen molar-refractivity contribution in [3.63, 3.8) is 0 Å². The Balaban J connectivity index is 2.40. The fourth-order valence-electron chi connectivity index (χ4n) is 1.97. The maximum Gasteiger partial charge on any atom is 0.261 e. The van der Waals surface area contributed by atoms with Gasteiger partial charge in [-0.15, -0.1) is 0 Å². The quantitative estimate of drug-likeness (QED) is 0.832. The van der Waals surface area contributed by atoms with Crippen LogP contribution in [0.2, 0.25) is 0 Å². The third-order valence-electron chi connectivity index (χ3n) is 3.01. The first-order chi connectivity index (χ1) is 10.2. The minimum absolute atomic E-state index is 0.0145. The Hall–Kier alpha value is -1.57. The molecule has 118 valence electrons. The van der Waals surface area contributed by atoms with Gasteiger partial charge in [-0.3, -0.25) is 4.72 Å². The molecule has 8 heteroatoms. The van der Waals surface area contributed by atoms with Crippen LogP contribution in [0.3, 0.4) is 0 Å². The second-order valence-electron chi connectivity index (χ2n) is 4.53. The van der Waals surface area contributed by atoms with E-state index in [0.29, 0.717) is 12.0 Å². The van der Waals surface area contributed by atoms with Crippen molar-refractivity contribution in [3.8, 4) is 0 Å². The van der Waals surface area contributed by atoms with Crippen LogP contribution in [-0.2, 0) is 25.5 Å². The molecule has 0 amide bonds. The fraction of sp³-hybridized carbons (Fsp3) is 0.143. The smallest absolute Gasteiger partial charge is 0.261 e. The molecule has 0 aliphatic carbocycles. The summed E-state index contributed by atoms with van der Waals surface area (Å²) in [6.45, 7) is 1.76. The van der Waals surface area contributed by atoms with Gasteiger partial charge < -0.3 is 0 Å². The van der Waals surface area contributed by atoms with Crippen LogP contribution in [0.4, 0.5) is 5.69 Å². The van der Waals surface area contributed by atoms with Gasteiger partial charge in [0, 0.05) is 16.4 Å². The molecule has 1 N–H and O–H groups in total. The largest absolute Gasteiger partial charge is 0.280 e. The van der Waals surface area contributed by atoms with E-state index >= 15 is 0 Å². The highest BCUT2D eigenvalue weighted by Gasteiger charge is 2.18. The summed E-state index contributed by atoms with van der Waals surface area (Å²) in [6, 6.07) is 12.0. The lowest BCUT2D eigenvalue weighted by Gasteiger charge is -2.11. The van der Waals surface area contributed by atoms with Gasteiger partial charge in [0.15, 0.2) is 0 Å². The van der Waals surface area contributed by atoms with Crippen molar-refractivity contribution in [3.05, 3.63) is 54.1 Å². The average Bonchev–Trinajstić information content (AvgIpc) is 2.46. The first-order valence-corrected chi connectivity index (χ1v) is 10.2. The van der Waals surface area contributed by atoms with Gasteiger partial charge in [0.25, 0.3) is 19.1 Å². The van der Waals surface area contributed by atoms with E-state index in [1.54, 1.807) is 25.1 Å². The van der Waals surface area contributed by atoms with E-state index < -0.39 is 19.1 Å². The molecule has 22 heavy (non-hydrogen) atoms. The van der Waals surface area contributed by atoms with Crippen molar-refractivity contribution in [2.24, 2.45) is 0 Å². The Morgan fingerprint density at radius 3 is 2.18 bits per heavy atom. The van der Waals surface area contributed by atoms with Crippen LogP contribution in [0.5, 0.6) is 0 Å². The number of halogens is 1. The van der Waals surface area contributed by atoms with Crippen LogP contribution in [-0.4, -0.2) is 16.8 Å². The fourth-order valence-corrected chi connectivity index (χ4v) is 4.24. The molecule has 5 nitrogen and oxygen atoms in total. The monoisotopic (exact) mass is 359 g/mol. The Morgan fingerprint density at radius 2 is 1.64 bits per heavy atom. The van der Waals surface area contributed by atoms with Gasteiger partial charge >= 0.3 is 0 Å². The van der Waals surface area contributed by atoms with Gasteiger partial charge in [-0.05, 0) is 42.3 Å². The molecule has 2 rings (SSSR count). The van der Waals surface area contributed by atoms with E-state index in [9.17, 15) is 16.8 Å². The first-order valence-electron chi connectivity index (χ1n) is 6.39. The van der Waals surface area contributed by atoms with E-state index in [4.69, 9.17) is 10.7 Å². The standard InChI is InChI=1S/C14H14ClNO4S2/c1-2-11-10-12(8-9-14(11)21(15,17)18)16-22(19,20)13-6-4-3-5-7-13/h3-10,16H,2H2,1H3. The molecular formula is C14H14ClNO4S2. The number of hydrogen-bond donors (Lipinski definition) is 1. The highest BCUT2D eigenvalue weighted by Crippen LogP contribution is 2.25. The maximum absolute atomic E-state index is 12.2. The van der Waals surface area contributed by atoms with Crippen LogP contribution < -0.4 is 4.72 Å². The lowest BCUT2D eigenvalue weighted by Crippen LogP contribution is -2.13. The summed E-state index contributed by atoms with van der Waals surface area (Å²) < 4.78 is 49.8. The van der Waals surface area contributed by atoms with E-state index in [1.807, 2.05) is 0 Å². The predicted octanol–water partition coefficient (Wildman–Crippen LogP) is 2.98. The average molecular weight is 360 g/mol. The van der Waals surface area contributed by atoms with Crippen molar-refractivity contribution in [2.75, 3.05) is 4.72 Å². The summed E-state index contributed by atoms with van der Waals surface area (Å²) in [5, 5.41) is 0. The molecule has 0 saturated heterocycles. The number of nitrogens with one attached hydrogen (secondary N) is 1. The van der Waals surface area contributed by atoms with Gasteiger partial charge in [0.05, 0.1) is 9.79 Å². The maximum atomic E-state index is 12.2. The summed E-state index contributed by atoms with van der Waals surface area (Å²) in [4.78, 5) is 0.112. The number of anilines is 1. The van der Waals surface area contributed by atoms with Crippen molar-refractivity contribution in [1.82, 2.24) is 0 Å². The molecule has 0 bridgehead atoms. The highest BCUT2D eigenvalue weighted by molar-refractivity contribution is 8.13. The van der Waals surface area contributed by atoms with Gasteiger partial charge in [0.2, 0.25) is 0 Å². The van der Waals surface area contributed by atoms with Crippen LogP contribution in [0.1, 0.15) is 12.5 Å². The minimum atomic E-state index is -3.86. The summed E-state index contributed by atoms with van der Waals surface area (Å²) in [6.07, 6.45) is 0.405. The second kappa shape index (κ2) is 6.28. The molecule has 2 aromatic carbocycles. The molecule has 0 atom stereocenters. The number of rotatable bonds is 5. The molecule has 0 unspecified atom stereocenters. The Bertz CT molecular complexity index is 878. The molecule has 0 spiro atoms. The SMILES string of the molecule is CCc1cc(NS(=O)(=O)c2ccccc2)ccc1S(=O)(=O)Cl. The molecule has 0 aromatic heterocycles. The van der Waals surface area contributed by atoms with Crippen LogP contribution >= 0.6 is 10.7 Å². The van der Waals surface area contributed by atoms with E-state index in [1.165, 1.54) is 30.3 Å². The summed E-state index contributed by atoms with van der Waals surface area (Å²) in [5.74, 6) is 0. The molecule has 0 fully saturated rings. The lowest BCUT2D eigenvalue weighted by atomic mass is 10.1. The normalized spacial score (nSPS) is 12.1. The molecule has 0 saturated carbocycles. The van der Waals surface area contributed by atoms with Crippen molar-refractivity contribution < 1.29 is 16.8 Å². The minimum Gasteiger partial charge on any atom is -0.280 e. The lowest BCUT2D eigenvalue weighted by molar-refractivity contribution is 0.601. The Kier molecular flexibility index (Phi) is 4.79. The molecule has 0 radical (unpaired) electrons. The van der Waals surface area contributed by atoms with Gasteiger partial charge in [-0.25, -0.2) is 16.8 Å². The van der Waals surface area contributed by atoms with Gasteiger partial charge in [-0.2, -0.15) is 0 Å². The van der Waals surface area contributed by atoms with E-state index in [0.717, 1.165) is 0 Å². The van der Waals surface area contributed by atoms with Crippen molar-refractivity contribution in [1.29, 1.82) is 0 Å². The third-order valence-corrected chi connectivity index (χ3v) is 5.83. The zero-order valence-electron chi connectivity index (χ0n) is 11.7. The molecule has 0 aliphatic rings. The third kappa shape index (κ3) is 3.79. The molecule has 0 heterocycles. The molecule has 2 aromatic rings. The van der Waals surface area contributed by atoms with Crippen LogP contribution in [0.15, 0.2) is 58.3 Å². The van der Waals surface area contributed by atoms with Crippen molar-refractivity contribution in [2.45, 2.75) is 23.1 Å². The van der Waals surface area contributed by atoms with Crippen LogP contribution in [0, 0.1) is 0 Å². The highest BCUT2D eigenvalue weighted by atomic mass is 35.7. The van der Waals surface area contributed by atoms with Crippen LogP contribution in [0.25, 0.3) is 0 Å². The first kappa shape index (κ1) is 16.8. The van der Waals surface area contributed by atoms with Crippen molar-refractivity contribution >= 4 is 35.4 Å². The molecule has 0 aliphatic heterocycles. The Morgan fingerprint density at radius 1 is 1.00 bits per heavy atom. The number of aryl methyl sites for hydroxylation is 1. The van der Waals surface area contributed by atoms with E-state index in [2.05, 4.69) is 4.72 Å². The summed E-state index contributed by atoms with van der Waals surface area (Å²) in [5.41, 5.74) is 0.730. The zero-order valence-corrected chi connectivity index (χ0v) is 14.0. The second-order valence-corrected chi connectivity index (χ2v) is 8.75. The van der Waals surface area contributed by atoms with Gasteiger partial charge in [0.1, 0.15) is 0 Å². The Labute approximate surface area is 134 Å². The number of benzene rings is 2. The topological polar surface area (TPSA) is 80.3 Å².